The number of rotatable bonds is 21. The van der Waals surface area contributed by atoms with Crippen molar-refractivity contribution < 1.29 is 9.90 Å². The number of carboxylic acids is 1. The van der Waals surface area contributed by atoms with Gasteiger partial charge in [0.25, 0.3) is 0 Å². The summed E-state index contributed by atoms with van der Waals surface area (Å²) in [5.74, 6) is -0.675. The first kappa shape index (κ1) is 25.8. The highest BCUT2D eigenvalue weighted by molar-refractivity contribution is 5.66. The normalized spacial score (nSPS) is 11.7. The van der Waals surface area contributed by atoms with E-state index >= 15 is 0 Å². The molecule has 0 bridgehead atoms. The predicted molar refractivity (Wildman–Crippen MR) is 116 cm³/mol. The Hall–Kier alpha value is -1.17. The lowest BCUT2D eigenvalue weighted by Gasteiger charge is -2.05. The standard InChI is InChI=1S/C22H43N3O2/c23-17-19-25-21-20-24-18-15-13-11-9-7-5-3-1-2-4-6-8-10-12-14-16-22(26)27/h1-2,5,7,24-25H,3-4,6,8-21,23H2,(H,26,27). The second-order valence-corrected chi connectivity index (χ2v) is 7.02. The van der Waals surface area contributed by atoms with Gasteiger partial charge >= 0.3 is 5.97 Å². The fraction of sp³-hybridized carbons (Fsp3) is 0.773. The van der Waals surface area contributed by atoms with Gasteiger partial charge in [0.05, 0.1) is 0 Å². The van der Waals surface area contributed by atoms with Crippen molar-refractivity contribution in [1.82, 2.24) is 10.6 Å². The van der Waals surface area contributed by atoms with Crippen LogP contribution in [-0.4, -0.2) is 43.8 Å². The summed E-state index contributed by atoms with van der Waals surface area (Å²) in [5, 5.41) is 15.3. The minimum Gasteiger partial charge on any atom is -0.481 e. The maximum absolute atomic E-state index is 10.4. The molecular formula is C22H43N3O2. The van der Waals surface area contributed by atoms with E-state index in [9.17, 15) is 4.79 Å². The molecule has 0 unspecified atom stereocenters. The third kappa shape index (κ3) is 24.8. The van der Waals surface area contributed by atoms with Crippen LogP contribution in [-0.2, 0) is 4.79 Å². The number of carbonyl (C=O) groups is 1. The van der Waals surface area contributed by atoms with Crippen molar-refractivity contribution in [3.05, 3.63) is 24.3 Å². The number of hydrogen-bond donors (Lipinski definition) is 4. The summed E-state index contributed by atoms with van der Waals surface area (Å²) in [6.07, 6.45) is 22.0. The summed E-state index contributed by atoms with van der Waals surface area (Å²) >= 11 is 0. The second kappa shape index (κ2) is 22.9. The van der Waals surface area contributed by atoms with E-state index in [2.05, 4.69) is 34.9 Å². The average Bonchev–Trinajstić information content (AvgIpc) is 2.65. The van der Waals surface area contributed by atoms with Gasteiger partial charge in [-0.25, -0.2) is 0 Å². The number of nitrogens with one attached hydrogen (secondary N) is 2. The van der Waals surface area contributed by atoms with Crippen molar-refractivity contribution in [2.24, 2.45) is 5.73 Å². The van der Waals surface area contributed by atoms with Crippen LogP contribution >= 0.6 is 0 Å². The highest BCUT2D eigenvalue weighted by Crippen LogP contribution is 2.08. The van der Waals surface area contributed by atoms with E-state index in [0.717, 1.165) is 58.3 Å². The van der Waals surface area contributed by atoms with Crippen LogP contribution in [0, 0.1) is 0 Å². The first-order chi connectivity index (χ1) is 13.3. The Morgan fingerprint density at radius 3 is 1.89 bits per heavy atom. The van der Waals surface area contributed by atoms with Crippen LogP contribution in [0.3, 0.4) is 0 Å². The number of nitrogens with two attached hydrogens (primary N) is 1. The Kier molecular flexibility index (Phi) is 21.9. The molecule has 0 aromatic carbocycles. The van der Waals surface area contributed by atoms with Gasteiger partial charge in [0.2, 0.25) is 0 Å². The van der Waals surface area contributed by atoms with Crippen molar-refractivity contribution in [3.8, 4) is 0 Å². The Labute approximate surface area is 166 Å². The average molecular weight is 382 g/mol. The largest absolute Gasteiger partial charge is 0.481 e. The number of unbranched alkanes of at least 4 members (excludes halogenated alkanes) is 8. The molecule has 0 aliphatic heterocycles. The van der Waals surface area contributed by atoms with Crippen molar-refractivity contribution in [2.75, 3.05) is 32.7 Å². The fourth-order valence-electron chi connectivity index (χ4n) is 2.79. The minimum absolute atomic E-state index is 0.316. The molecule has 0 fully saturated rings. The minimum atomic E-state index is -0.675. The molecule has 0 aliphatic rings. The molecule has 158 valence electrons. The van der Waals surface area contributed by atoms with Crippen LogP contribution < -0.4 is 16.4 Å². The Morgan fingerprint density at radius 1 is 0.704 bits per heavy atom. The van der Waals surface area contributed by atoms with E-state index in [4.69, 9.17) is 10.8 Å². The molecule has 0 amide bonds. The molecule has 0 saturated heterocycles. The lowest BCUT2D eigenvalue weighted by molar-refractivity contribution is -0.137. The van der Waals surface area contributed by atoms with E-state index in [1.165, 1.54) is 38.5 Å². The Bertz CT molecular complexity index is 371. The van der Waals surface area contributed by atoms with E-state index in [-0.39, 0.29) is 0 Å². The molecule has 0 radical (unpaired) electrons. The van der Waals surface area contributed by atoms with Crippen LogP contribution in [0.5, 0.6) is 0 Å². The monoisotopic (exact) mass is 381 g/mol. The van der Waals surface area contributed by atoms with E-state index in [1.807, 2.05) is 0 Å². The van der Waals surface area contributed by atoms with Gasteiger partial charge in [0, 0.05) is 32.6 Å². The van der Waals surface area contributed by atoms with Crippen LogP contribution in [0.25, 0.3) is 0 Å². The molecule has 0 spiro atoms. The van der Waals surface area contributed by atoms with Crippen LogP contribution in [0.1, 0.15) is 77.0 Å². The van der Waals surface area contributed by atoms with E-state index in [0.29, 0.717) is 13.0 Å². The van der Waals surface area contributed by atoms with Gasteiger partial charge in [-0.1, -0.05) is 50.0 Å². The predicted octanol–water partition coefficient (Wildman–Crippen LogP) is 4.00. The lowest BCUT2D eigenvalue weighted by Crippen LogP contribution is -2.31. The molecule has 5 N–H and O–H groups in total. The first-order valence-corrected chi connectivity index (χ1v) is 10.9. The molecule has 0 aliphatic carbocycles. The SMILES string of the molecule is NCCNCCNCCCCCC=CCC=CCCCCCCCC(=O)O. The smallest absolute Gasteiger partial charge is 0.303 e. The van der Waals surface area contributed by atoms with Crippen LogP contribution in [0.15, 0.2) is 24.3 Å². The second-order valence-electron chi connectivity index (χ2n) is 7.02. The first-order valence-electron chi connectivity index (χ1n) is 10.9. The summed E-state index contributed by atoms with van der Waals surface area (Å²) < 4.78 is 0. The van der Waals surface area contributed by atoms with Gasteiger partial charge in [-0.15, -0.1) is 0 Å². The highest BCUT2D eigenvalue weighted by Gasteiger charge is 1.95. The Morgan fingerprint density at radius 2 is 1.26 bits per heavy atom. The summed E-state index contributed by atoms with van der Waals surface area (Å²) in [4.78, 5) is 10.4. The van der Waals surface area contributed by atoms with Gasteiger partial charge < -0.3 is 21.5 Å². The molecule has 5 heteroatoms. The van der Waals surface area contributed by atoms with E-state index in [1.54, 1.807) is 0 Å². The molecule has 27 heavy (non-hydrogen) atoms. The highest BCUT2D eigenvalue weighted by atomic mass is 16.4. The third-order valence-corrected chi connectivity index (χ3v) is 4.39. The maximum atomic E-state index is 10.4. The van der Waals surface area contributed by atoms with Crippen molar-refractivity contribution in [3.63, 3.8) is 0 Å². The maximum Gasteiger partial charge on any atom is 0.303 e. The number of hydrogen-bond acceptors (Lipinski definition) is 4. The van der Waals surface area contributed by atoms with Gasteiger partial charge in [-0.3, -0.25) is 4.79 Å². The zero-order chi connectivity index (χ0) is 19.8. The summed E-state index contributed by atoms with van der Waals surface area (Å²) in [6.45, 7) is 4.74. The molecule has 0 atom stereocenters. The quantitative estimate of drug-likeness (QED) is 0.178. The van der Waals surface area contributed by atoms with E-state index < -0.39 is 5.97 Å². The topological polar surface area (TPSA) is 87.4 Å². The molecule has 0 rings (SSSR count). The molecular weight excluding hydrogens is 338 g/mol. The van der Waals surface area contributed by atoms with Gasteiger partial charge in [0.15, 0.2) is 0 Å². The number of allylic oxidation sites excluding steroid dienone is 4. The number of carboxylic acid groups (broad SMARTS) is 1. The fourth-order valence-corrected chi connectivity index (χ4v) is 2.79. The molecule has 5 nitrogen and oxygen atoms in total. The molecule has 0 saturated carbocycles. The summed E-state index contributed by atoms with van der Waals surface area (Å²) in [7, 11) is 0. The molecule has 0 aromatic heterocycles. The third-order valence-electron chi connectivity index (χ3n) is 4.39. The Balaban J connectivity index is 3.17. The van der Waals surface area contributed by atoms with Crippen molar-refractivity contribution >= 4 is 5.97 Å². The van der Waals surface area contributed by atoms with Gasteiger partial charge in [-0.05, 0) is 51.5 Å². The summed E-state index contributed by atoms with van der Waals surface area (Å²) in [5.41, 5.74) is 5.41. The lowest BCUT2D eigenvalue weighted by atomic mass is 10.1. The van der Waals surface area contributed by atoms with Crippen LogP contribution in [0.2, 0.25) is 0 Å². The van der Waals surface area contributed by atoms with Crippen molar-refractivity contribution in [1.29, 1.82) is 0 Å². The zero-order valence-corrected chi connectivity index (χ0v) is 17.3. The number of aliphatic carboxylic acids is 1. The molecule has 0 heterocycles. The zero-order valence-electron chi connectivity index (χ0n) is 17.3. The van der Waals surface area contributed by atoms with Gasteiger partial charge in [0.1, 0.15) is 0 Å². The van der Waals surface area contributed by atoms with Crippen LogP contribution in [0.4, 0.5) is 0 Å². The van der Waals surface area contributed by atoms with Crippen molar-refractivity contribution in [2.45, 2.75) is 77.0 Å². The molecule has 0 aromatic rings. The van der Waals surface area contributed by atoms with Gasteiger partial charge in [-0.2, -0.15) is 0 Å². The summed E-state index contributed by atoms with van der Waals surface area (Å²) in [6, 6.07) is 0.